The second kappa shape index (κ2) is 13.2. The quantitative estimate of drug-likeness (QED) is 0.315. The van der Waals surface area contributed by atoms with Crippen molar-refractivity contribution in [3.8, 4) is 11.5 Å². The lowest BCUT2D eigenvalue weighted by Crippen LogP contribution is -2.53. The summed E-state index contributed by atoms with van der Waals surface area (Å²) in [6, 6.07) is 6.16. The van der Waals surface area contributed by atoms with Gasteiger partial charge in [-0.25, -0.2) is 0 Å². The third-order valence-electron chi connectivity index (χ3n) is 5.29. The Kier molecular flexibility index (Phi) is 11.0. The topological polar surface area (TPSA) is 64.6 Å². The summed E-state index contributed by atoms with van der Waals surface area (Å²) in [4.78, 5) is 6.76. The zero-order valence-corrected chi connectivity index (χ0v) is 20.7. The number of benzene rings is 1. The lowest BCUT2D eigenvalue weighted by atomic mass is 10.1. The molecule has 0 bridgehead atoms. The van der Waals surface area contributed by atoms with Crippen molar-refractivity contribution in [2.45, 2.75) is 45.3 Å². The van der Waals surface area contributed by atoms with Crippen LogP contribution in [-0.4, -0.2) is 76.2 Å². The van der Waals surface area contributed by atoms with E-state index in [1.54, 1.807) is 0 Å². The van der Waals surface area contributed by atoms with Gasteiger partial charge in [-0.1, -0.05) is 6.07 Å². The largest absolute Gasteiger partial charge is 0.490 e. The summed E-state index contributed by atoms with van der Waals surface area (Å²) in [6.07, 6.45) is 3.44. The Balaban J connectivity index is 0.00000320. The minimum absolute atomic E-state index is 0. The number of morpholine rings is 1. The van der Waals surface area contributed by atoms with Crippen molar-refractivity contribution in [3.63, 3.8) is 0 Å². The lowest BCUT2D eigenvalue weighted by Gasteiger charge is -2.37. The van der Waals surface area contributed by atoms with E-state index in [1.807, 2.05) is 27.0 Å². The minimum atomic E-state index is 0. The van der Waals surface area contributed by atoms with E-state index in [0.717, 1.165) is 63.0 Å². The summed E-state index contributed by atoms with van der Waals surface area (Å²) in [5, 5.41) is 3.50. The normalized spacial score (nSPS) is 21.8. The van der Waals surface area contributed by atoms with Gasteiger partial charge in [-0.3, -0.25) is 4.99 Å². The zero-order chi connectivity index (χ0) is 20.5. The fourth-order valence-electron chi connectivity index (χ4n) is 3.89. The Morgan fingerprint density at radius 2 is 1.90 bits per heavy atom. The van der Waals surface area contributed by atoms with Crippen molar-refractivity contribution in [1.29, 1.82) is 0 Å². The maximum absolute atomic E-state index is 5.95. The molecule has 30 heavy (non-hydrogen) atoms. The van der Waals surface area contributed by atoms with Crippen molar-refractivity contribution in [2.75, 3.05) is 53.1 Å². The van der Waals surface area contributed by atoms with E-state index in [0.29, 0.717) is 19.8 Å². The molecule has 0 saturated carbocycles. The van der Waals surface area contributed by atoms with E-state index in [4.69, 9.17) is 18.9 Å². The van der Waals surface area contributed by atoms with Gasteiger partial charge < -0.3 is 29.2 Å². The van der Waals surface area contributed by atoms with Gasteiger partial charge in [0, 0.05) is 33.3 Å². The van der Waals surface area contributed by atoms with Gasteiger partial charge in [0.2, 0.25) is 0 Å². The highest BCUT2D eigenvalue weighted by Crippen LogP contribution is 2.28. The summed E-state index contributed by atoms with van der Waals surface area (Å²) in [7, 11) is 1.84. The van der Waals surface area contributed by atoms with Gasteiger partial charge in [-0.05, 0) is 50.8 Å². The molecule has 0 radical (unpaired) electrons. The summed E-state index contributed by atoms with van der Waals surface area (Å²) in [5.74, 6) is 2.53. The van der Waals surface area contributed by atoms with Gasteiger partial charge in [0.1, 0.15) is 6.10 Å². The molecular weight excluding hydrogens is 497 g/mol. The second-order valence-electron chi connectivity index (χ2n) is 7.28. The van der Waals surface area contributed by atoms with Gasteiger partial charge >= 0.3 is 0 Å². The van der Waals surface area contributed by atoms with E-state index in [2.05, 4.69) is 27.3 Å². The first-order valence-electron chi connectivity index (χ1n) is 10.8. The van der Waals surface area contributed by atoms with Crippen LogP contribution >= 0.6 is 24.0 Å². The molecular formula is C22H36IN3O4. The van der Waals surface area contributed by atoms with E-state index < -0.39 is 0 Å². The molecule has 1 N–H and O–H groups in total. The maximum Gasteiger partial charge on any atom is 0.193 e. The first kappa shape index (κ1) is 25.0. The third kappa shape index (κ3) is 6.88. The Morgan fingerprint density at radius 1 is 1.13 bits per heavy atom. The van der Waals surface area contributed by atoms with Crippen LogP contribution in [0.2, 0.25) is 0 Å². The second-order valence-corrected chi connectivity index (χ2v) is 7.28. The number of ether oxygens (including phenoxy) is 4. The maximum atomic E-state index is 5.95. The number of hydrogen-bond acceptors (Lipinski definition) is 5. The number of aliphatic imine (C=N–C) groups is 1. The van der Waals surface area contributed by atoms with Crippen LogP contribution in [-0.2, 0) is 15.9 Å². The van der Waals surface area contributed by atoms with Crippen molar-refractivity contribution in [2.24, 2.45) is 4.99 Å². The summed E-state index contributed by atoms with van der Waals surface area (Å²) >= 11 is 0. The van der Waals surface area contributed by atoms with Crippen LogP contribution in [0.4, 0.5) is 0 Å². The number of guanidine groups is 1. The first-order valence-corrected chi connectivity index (χ1v) is 10.8. The summed E-state index contributed by atoms with van der Waals surface area (Å²) in [5.41, 5.74) is 1.21. The van der Waals surface area contributed by atoms with Gasteiger partial charge in [0.05, 0.1) is 25.9 Å². The molecule has 7 nitrogen and oxygen atoms in total. The molecule has 0 aromatic heterocycles. The van der Waals surface area contributed by atoms with Crippen LogP contribution in [0.1, 0.15) is 32.3 Å². The molecule has 0 amide bonds. The highest BCUT2D eigenvalue weighted by Gasteiger charge is 2.32. The standard InChI is InChI=1S/C22H35N3O4.HI/c1-4-26-19-9-8-17(15-20(19)27-5-2)10-11-24-22(23-3)25-12-14-29-21(16-25)18-7-6-13-28-18;/h8-9,15,18,21H,4-7,10-14,16H2,1-3H3,(H,23,24);1H. The molecule has 2 atom stereocenters. The van der Waals surface area contributed by atoms with Crippen molar-refractivity contribution in [3.05, 3.63) is 23.8 Å². The van der Waals surface area contributed by atoms with Crippen LogP contribution in [0, 0.1) is 0 Å². The summed E-state index contributed by atoms with van der Waals surface area (Å²) < 4.78 is 23.1. The molecule has 8 heteroatoms. The Hall–Kier alpha value is -1.26. The van der Waals surface area contributed by atoms with Crippen LogP contribution < -0.4 is 14.8 Å². The minimum Gasteiger partial charge on any atom is -0.490 e. The molecule has 1 aromatic carbocycles. The van der Waals surface area contributed by atoms with E-state index in [9.17, 15) is 0 Å². The van der Waals surface area contributed by atoms with E-state index >= 15 is 0 Å². The molecule has 2 saturated heterocycles. The lowest BCUT2D eigenvalue weighted by molar-refractivity contribution is -0.0816. The molecule has 2 heterocycles. The number of nitrogens with one attached hydrogen (secondary N) is 1. The van der Waals surface area contributed by atoms with Gasteiger partial charge in [-0.15, -0.1) is 24.0 Å². The number of hydrogen-bond donors (Lipinski definition) is 1. The number of halogens is 1. The smallest absolute Gasteiger partial charge is 0.193 e. The Labute approximate surface area is 197 Å². The van der Waals surface area contributed by atoms with E-state index in [-0.39, 0.29) is 36.2 Å². The van der Waals surface area contributed by atoms with Gasteiger partial charge in [0.15, 0.2) is 17.5 Å². The van der Waals surface area contributed by atoms with Crippen LogP contribution in [0.15, 0.2) is 23.2 Å². The number of nitrogens with zero attached hydrogens (tertiary/aromatic N) is 2. The fourth-order valence-corrected chi connectivity index (χ4v) is 3.89. The van der Waals surface area contributed by atoms with Crippen molar-refractivity contribution >= 4 is 29.9 Å². The predicted molar refractivity (Wildman–Crippen MR) is 130 cm³/mol. The highest BCUT2D eigenvalue weighted by atomic mass is 127. The van der Waals surface area contributed by atoms with Crippen LogP contribution in [0.25, 0.3) is 0 Å². The average Bonchev–Trinajstić information content (AvgIpc) is 3.28. The third-order valence-corrected chi connectivity index (χ3v) is 5.29. The number of rotatable bonds is 8. The van der Waals surface area contributed by atoms with Crippen LogP contribution in [0.3, 0.4) is 0 Å². The molecule has 2 unspecified atom stereocenters. The monoisotopic (exact) mass is 533 g/mol. The molecule has 0 aliphatic carbocycles. The predicted octanol–water partition coefficient (Wildman–Crippen LogP) is 3.10. The molecule has 1 aromatic rings. The Morgan fingerprint density at radius 3 is 2.60 bits per heavy atom. The molecule has 2 fully saturated rings. The fraction of sp³-hybridized carbons (Fsp3) is 0.682. The molecule has 2 aliphatic rings. The Bertz CT molecular complexity index is 668. The SMILES string of the molecule is CCOc1ccc(CCNC(=NC)N2CCOC(C3CCCO3)C2)cc1OCC.I. The first-order chi connectivity index (χ1) is 14.2. The molecule has 0 spiro atoms. The van der Waals surface area contributed by atoms with Crippen molar-refractivity contribution < 1.29 is 18.9 Å². The molecule has 170 valence electrons. The van der Waals surface area contributed by atoms with Gasteiger partial charge in [0.25, 0.3) is 0 Å². The molecule has 2 aliphatic heterocycles. The average molecular weight is 533 g/mol. The highest BCUT2D eigenvalue weighted by molar-refractivity contribution is 14.0. The summed E-state index contributed by atoms with van der Waals surface area (Å²) in [6.45, 7) is 9.25. The van der Waals surface area contributed by atoms with Crippen molar-refractivity contribution in [1.82, 2.24) is 10.2 Å². The van der Waals surface area contributed by atoms with Crippen LogP contribution in [0.5, 0.6) is 11.5 Å². The zero-order valence-electron chi connectivity index (χ0n) is 18.4. The van der Waals surface area contributed by atoms with Gasteiger partial charge in [-0.2, -0.15) is 0 Å². The van der Waals surface area contributed by atoms with E-state index in [1.165, 1.54) is 5.56 Å². The molecule has 3 rings (SSSR count).